The van der Waals surface area contributed by atoms with Gasteiger partial charge in [-0.05, 0) is 18.6 Å². The van der Waals surface area contributed by atoms with Gasteiger partial charge >= 0.3 is 0 Å². The molecule has 1 amide bonds. The highest BCUT2D eigenvalue weighted by molar-refractivity contribution is 6.40. The summed E-state index contributed by atoms with van der Waals surface area (Å²) in [5, 5.41) is 5.19. The minimum absolute atomic E-state index is 0.0977. The van der Waals surface area contributed by atoms with Crippen LogP contribution in [0.1, 0.15) is 23.0 Å². The van der Waals surface area contributed by atoms with Gasteiger partial charge in [-0.2, -0.15) is 5.10 Å². The minimum Gasteiger partial charge on any atom is -0.383 e. The van der Waals surface area contributed by atoms with E-state index in [2.05, 4.69) is 5.10 Å². The number of amides is 1. The summed E-state index contributed by atoms with van der Waals surface area (Å²) in [7, 11) is 0. The van der Waals surface area contributed by atoms with Crippen molar-refractivity contribution in [1.29, 1.82) is 0 Å². The number of carbonyl (C=O) groups excluding carboxylic acids is 1. The van der Waals surface area contributed by atoms with Gasteiger partial charge in [0.1, 0.15) is 17.1 Å². The maximum atomic E-state index is 11.5. The van der Waals surface area contributed by atoms with Gasteiger partial charge in [0.05, 0.1) is 15.7 Å². The Hall–Kier alpha value is -1.43. The number of hydrogen-bond donors (Lipinski definition) is 2. The first-order valence-corrected chi connectivity index (χ1v) is 6.82. The molecule has 5 nitrogen and oxygen atoms in total. The van der Waals surface area contributed by atoms with Crippen LogP contribution in [-0.2, 0) is 6.42 Å². The Morgan fingerprint density at radius 3 is 2.25 bits per heavy atom. The van der Waals surface area contributed by atoms with Crippen LogP contribution in [-0.4, -0.2) is 15.7 Å². The number of nitrogen functional groups attached to an aromatic ring is 1. The lowest BCUT2D eigenvalue weighted by molar-refractivity contribution is 0.100. The molecule has 0 unspecified atom stereocenters. The predicted molar refractivity (Wildman–Crippen MR) is 80.9 cm³/mol. The van der Waals surface area contributed by atoms with Crippen molar-refractivity contribution >= 4 is 46.5 Å². The van der Waals surface area contributed by atoms with Crippen LogP contribution in [0.3, 0.4) is 0 Å². The molecule has 0 aliphatic rings. The third kappa shape index (κ3) is 2.44. The third-order valence-electron chi connectivity index (χ3n) is 2.77. The molecule has 4 N–H and O–H groups in total. The van der Waals surface area contributed by atoms with E-state index in [1.54, 1.807) is 0 Å². The standard InChI is InChI=1S/C12H11Cl3N4O/c1-2-8-9(12(17)20)11(16)19(18-8)10-6(14)3-5(13)4-7(10)15/h3-4H,2,16H2,1H3,(H2,17,20). The smallest absolute Gasteiger partial charge is 0.254 e. The Bertz CT molecular complexity index is 673. The van der Waals surface area contributed by atoms with Crippen LogP contribution in [0.2, 0.25) is 15.1 Å². The van der Waals surface area contributed by atoms with Crippen LogP contribution in [0.15, 0.2) is 12.1 Å². The zero-order valence-corrected chi connectivity index (χ0v) is 12.7. The zero-order valence-electron chi connectivity index (χ0n) is 10.5. The number of carbonyl (C=O) groups is 1. The molecule has 0 aliphatic carbocycles. The van der Waals surface area contributed by atoms with E-state index < -0.39 is 5.91 Å². The molecule has 1 heterocycles. The summed E-state index contributed by atoms with van der Waals surface area (Å²) in [6.45, 7) is 1.84. The summed E-state index contributed by atoms with van der Waals surface area (Å²) >= 11 is 18.1. The Morgan fingerprint density at radius 2 is 1.85 bits per heavy atom. The quantitative estimate of drug-likeness (QED) is 0.905. The monoisotopic (exact) mass is 332 g/mol. The maximum absolute atomic E-state index is 11.5. The van der Waals surface area contributed by atoms with E-state index in [0.717, 1.165) is 0 Å². The summed E-state index contributed by atoms with van der Waals surface area (Å²) in [5.41, 5.74) is 12.3. The van der Waals surface area contributed by atoms with Crippen LogP contribution in [0.4, 0.5) is 5.82 Å². The highest BCUT2D eigenvalue weighted by Gasteiger charge is 2.22. The van der Waals surface area contributed by atoms with Crippen molar-refractivity contribution in [2.24, 2.45) is 5.73 Å². The molecular weight excluding hydrogens is 323 g/mol. The van der Waals surface area contributed by atoms with E-state index in [-0.39, 0.29) is 21.4 Å². The molecule has 1 aromatic carbocycles. The number of nitrogens with zero attached hydrogens (tertiary/aromatic N) is 2. The Kier molecular flexibility index (Phi) is 4.13. The van der Waals surface area contributed by atoms with Gasteiger partial charge in [-0.1, -0.05) is 41.7 Å². The Morgan fingerprint density at radius 1 is 1.30 bits per heavy atom. The van der Waals surface area contributed by atoms with E-state index in [1.807, 2.05) is 6.92 Å². The average Bonchev–Trinajstić information content (AvgIpc) is 2.65. The number of aryl methyl sites for hydroxylation is 1. The summed E-state index contributed by atoms with van der Waals surface area (Å²) in [5.74, 6) is -0.549. The van der Waals surface area contributed by atoms with Gasteiger partial charge < -0.3 is 11.5 Å². The molecule has 0 spiro atoms. The molecule has 1 aromatic heterocycles. The fraction of sp³-hybridized carbons (Fsp3) is 0.167. The fourth-order valence-electron chi connectivity index (χ4n) is 1.90. The molecule has 0 saturated carbocycles. The van der Waals surface area contributed by atoms with Crippen LogP contribution in [0.25, 0.3) is 5.69 Å². The summed E-state index contributed by atoms with van der Waals surface area (Å²) in [6, 6.07) is 3.03. The lowest BCUT2D eigenvalue weighted by Gasteiger charge is -2.09. The predicted octanol–water partition coefficient (Wildman–Crippen LogP) is 3.08. The molecule has 20 heavy (non-hydrogen) atoms. The number of halogens is 3. The van der Waals surface area contributed by atoms with Crippen molar-refractivity contribution in [2.75, 3.05) is 5.73 Å². The average molecular weight is 334 g/mol. The van der Waals surface area contributed by atoms with Crippen molar-refractivity contribution in [3.05, 3.63) is 38.5 Å². The van der Waals surface area contributed by atoms with Crippen LogP contribution in [0.5, 0.6) is 0 Å². The summed E-state index contributed by atoms with van der Waals surface area (Å²) in [4.78, 5) is 11.5. The minimum atomic E-state index is -0.646. The van der Waals surface area contributed by atoms with Crippen LogP contribution < -0.4 is 11.5 Å². The first-order valence-electron chi connectivity index (χ1n) is 5.68. The largest absolute Gasteiger partial charge is 0.383 e. The topological polar surface area (TPSA) is 86.9 Å². The van der Waals surface area contributed by atoms with Gasteiger partial charge in [0, 0.05) is 5.02 Å². The van der Waals surface area contributed by atoms with Gasteiger partial charge in [-0.25, -0.2) is 4.68 Å². The summed E-state index contributed by atoms with van der Waals surface area (Å²) in [6.07, 6.45) is 0.498. The van der Waals surface area contributed by atoms with E-state index >= 15 is 0 Å². The van der Waals surface area contributed by atoms with Gasteiger partial charge in [-0.15, -0.1) is 0 Å². The Labute approximate surface area is 130 Å². The van der Waals surface area contributed by atoms with Crippen LogP contribution >= 0.6 is 34.8 Å². The van der Waals surface area contributed by atoms with E-state index in [1.165, 1.54) is 16.8 Å². The molecule has 0 fully saturated rings. The second-order valence-electron chi connectivity index (χ2n) is 4.05. The summed E-state index contributed by atoms with van der Waals surface area (Å²) < 4.78 is 1.31. The molecule has 0 saturated heterocycles. The normalized spacial score (nSPS) is 10.8. The van der Waals surface area contributed by atoms with E-state index in [0.29, 0.717) is 22.8 Å². The number of hydrogen-bond acceptors (Lipinski definition) is 3. The second-order valence-corrected chi connectivity index (χ2v) is 5.31. The van der Waals surface area contributed by atoms with Gasteiger partial charge in [0.25, 0.3) is 5.91 Å². The lowest BCUT2D eigenvalue weighted by atomic mass is 10.2. The molecule has 0 atom stereocenters. The highest BCUT2D eigenvalue weighted by atomic mass is 35.5. The van der Waals surface area contributed by atoms with Gasteiger partial charge in [0.2, 0.25) is 0 Å². The Balaban J connectivity index is 2.75. The van der Waals surface area contributed by atoms with Gasteiger partial charge in [-0.3, -0.25) is 4.79 Å². The van der Waals surface area contributed by atoms with Crippen molar-refractivity contribution in [3.63, 3.8) is 0 Å². The molecule has 2 aromatic rings. The number of aromatic nitrogens is 2. The maximum Gasteiger partial charge on any atom is 0.254 e. The van der Waals surface area contributed by atoms with Crippen molar-refractivity contribution < 1.29 is 4.79 Å². The number of primary amides is 1. The van der Waals surface area contributed by atoms with Crippen LogP contribution in [0, 0.1) is 0 Å². The number of benzene rings is 1. The van der Waals surface area contributed by atoms with Gasteiger partial charge in [0.15, 0.2) is 0 Å². The fourth-order valence-corrected chi connectivity index (χ4v) is 2.88. The third-order valence-corrected chi connectivity index (χ3v) is 3.56. The van der Waals surface area contributed by atoms with E-state index in [9.17, 15) is 4.79 Å². The lowest BCUT2D eigenvalue weighted by Crippen LogP contribution is -2.15. The molecule has 0 aliphatic heterocycles. The number of rotatable bonds is 3. The SMILES string of the molecule is CCc1nn(-c2c(Cl)cc(Cl)cc2Cl)c(N)c1C(N)=O. The highest BCUT2D eigenvalue weighted by Crippen LogP contribution is 2.34. The molecule has 0 radical (unpaired) electrons. The van der Waals surface area contributed by atoms with Crippen molar-refractivity contribution in [3.8, 4) is 5.69 Å². The first-order chi connectivity index (χ1) is 9.36. The number of anilines is 1. The molecule has 0 bridgehead atoms. The van der Waals surface area contributed by atoms with Crippen molar-refractivity contribution in [2.45, 2.75) is 13.3 Å². The van der Waals surface area contributed by atoms with Crippen molar-refractivity contribution in [1.82, 2.24) is 9.78 Å². The molecule has 106 valence electrons. The second kappa shape index (κ2) is 5.52. The molecule has 2 rings (SSSR count). The first kappa shape index (κ1) is 15.0. The zero-order chi connectivity index (χ0) is 15.0. The van der Waals surface area contributed by atoms with E-state index in [4.69, 9.17) is 46.3 Å². The molecular formula is C12H11Cl3N4O. The molecule has 8 heteroatoms. The number of nitrogens with two attached hydrogens (primary N) is 2.